The van der Waals surface area contributed by atoms with Crippen LogP contribution >= 0.6 is 12.4 Å². The van der Waals surface area contributed by atoms with Crippen LogP contribution in [0.25, 0.3) is 0 Å². The van der Waals surface area contributed by atoms with Crippen LogP contribution in [0.5, 0.6) is 0 Å². The van der Waals surface area contributed by atoms with Gasteiger partial charge in [-0.1, -0.05) is 13.8 Å². The molecule has 5 heteroatoms. The molecule has 1 saturated heterocycles. The third-order valence-corrected chi connectivity index (χ3v) is 2.80. The van der Waals surface area contributed by atoms with E-state index in [-0.39, 0.29) is 36.3 Å². The fraction of sp³-hybridized carbons (Fsp3) is 0.900. The number of halogens is 1. The molecule has 0 bridgehead atoms. The zero-order valence-corrected chi connectivity index (χ0v) is 10.4. The molecule has 15 heavy (non-hydrogen) atoms. The van der Waals surface area contributed by atoms with E-state index >= 15 is 0 Å². The predicted octanol–water partition coefficient (Wildman–Crippen LogP) is 0.639. The van der Waals surface area contributed by atoms with E-state index in [1.165, 1.54) is 0 Å². The lowest BCUT2D eigenvalue weighted by molar-refractivity contribution is -0.134. The summed E-state index contributed by atoms with van der Waals surface area (Å²) in [5.41, 5.74) is 5.80. The van der Waals surface area contributed by atoms with Gasteiger partial charge in [0, 0.05) is 13.7 Å². The molecule has 0 aromatic rings. The Kier molecular flexibility index (Phi) is 6.17. The summed E-state index contributed by atoms with van der Waals surface area (Å²) < 4.78 is 5.23. The van der Waals surface area contributed by atoms with Gasteiger partial charge in [0.25, 0.3) is 0 Å². The smallest absolute Gasteiger partial charge is 0.239 e. The van der Waals surface area contributed by atoms with Crippen molar-refractivity contribution < 1.29 is 9.53 Å². The number of carbonyl (C=O) groups excluding carboxylic acids is 1. The van der Waals surface area contributed by atoms with Gasteiger partial charge in [-0.05, 0) is 12.3 Å². The number of ether oxygens (including phenoxy) is 1. The van der Waals surface area contributed by atoms with Crippen molar-refractivity contribution in [2.45, 2.75) is 32.4 Å². The molecule has 0 spiro atoms. The third kappa shape index (κ3) is 3.63. The summed E-state index contributed by atoms with van der Waals surface area (Å²) in [6, 6.07) is -0.173. The molecule has 0 aromatic carbocycles. The summed E-state index contributed by atoms with van der Waals surface area (Å²) in [6.07, 6.45) is 0.924. The molecule has 2 N–H and O–H groups in total. The Balaban J connectivity index is 0.00000196. The maximum absolute atomic E-state index is 11.8. The van der Waals surface area contributed by atoms with Gasteiger partial charge >= 0.3 is 0 Å². The topological polar surface area (TPSA) is 55.6 Å². The van der Waals surface area contributed by atoms with Crippen molar-refractivity contribution in [3.63, 3.8) is 0 Å². The Labute approximate surface area is 97.5 Å². The monoisotopic (exact) mass is 236 g/mol. The lowest BCUT2D eigenvalue weighted by Crippen LogP contribution is -2.48. The zero-order valence-electron chi connectivity index (χ0n) is 9.60. The van der Waals surface area contributed by atoms with Crippen LogP contribution in [0.2, 0.25) is 0 Å². The normalized spacial score (nSPS) is 22.3. The van der Waals surface area contributed by atoms with Gasteiger partial charge in [0.15, 0.2) is 0 Å². The highest BCUT2D eigenvalue weighted by molar-refractivity contribution is 5.85. The van der Waals surface area contributed by atoms with Gasteiger partial charge in [-0.15, -0.1) is 12.4 Å². The molecule has 0 saturated carbocycles. The zero-order chi connectivity index (χ0) is 10.7. The Hall–Kier alpha value is -0.320. The van der Waals surface area contributed by atoms with Gasteiger partial charge in [-0.2, -0.15) is 0 Å². The average molecular weight is 237 g/mol. The van der Waals surface area contributed by atoms with Crippen molar-refractivity contribution in [1.82, 2.24) is 4.90 Å². The number of likely N-dealkylation sites (N-methyl/N-ethyl adjacent to an activating group) is 1. The lowest BCUT2D eigenvalue weighted by atomic mass is 10.0. The number of rotatable bonds is 3. The molecule has 1 rings (SSSR count). The Bertz CT molecular complexity index is 206. The number of nitrogens with two attached hydrogens (primary N) is 1. The number of nitrogens with zero attached hydrogens (tertiary/aromatic N) is 1. The molecule has 0 radical (unpaired) electrons. The molecule has 2 atom stereocenters. The van der Waals surface area contributed by atoms with E-state index in [9.17, 15) is 4.79 Å². The minimum atomic E-state index is -0.388. The molecular formula is C10H21ClN2O2. The third-order valence-electron chi connectivity index (χ3n) is 2.80. The number of hydrogen-bond donors (Lipinski definition) is 1. The second-order valence-electron chi connectivity index (χ2n) is 4.24. The molecule has 0 aromatic heterocycles. The lowest BCUT2D eigenvalue weighted by Gasteiger charge is -2.27. The number of amides is 1. The van der Waals surface area contributed by atoms with E-state index in [0.29, 0.717) is 6.61 Å². The molecule has 90 valence electrons. The molecule has 1 amide bonds. The Morgan fingerprint density at radius 2 is 2.13 bits per heavy atom. The summed E-state index contributed by atoms with van der Waals surface area (Å²) >= 11 is 0. The van der Waals surface area contributed by atoms with Crippen molar-refractivity contribution in [2.24, 2.45) is 11.7 Å². The fourth-order valence-electron chi connectivity index (χ4n) is 1.53. The van der Waals surface area contributed by atoms with Crippen LogP contribution in [-0.4, -0.2) is 43.2 Å². The van der Waals surface area contributed by atoms with Crippen molar-refractivity contribution in [3.8, 4) is 0 Å². The van der Waals surface area contributed by atoms with Crippen LogP contribution in [0, 0.1) is 5.92 Å². The molecule has 1 fully saturated rings. The second-order valence-corrected chi connectivity index (χ2v) is 4.24. The predicted molar refractivity (Wildman–Crippen MR) is 62.1 cm³/mol. The Morgan fingerprint density at radius 1 is 1.53 bits per heavy atom. The SMILES string of the molecule is CC(C)C(N)C(=O)N(C)C1CCOC1.Cl. The highest BCUT2D eigenvalue weighted by Gasteiger charge is 2.28. The van der Waals surface area contributed by atoms with Gasteiger partial charge in [0.2, 0.25) is 5.91 Å². The molecule has 1 aliphatic heterocycles. The van der Waals surface area contributed by atoms with E-state index < -0.39 is 0 Å². The summed E-state index contributed by atoms with van der Waals surface area (Å²) in [5, 5.41) is 0. The standard InChI is InChI=1S/C10H20N2O2.ClH/c1-7(2)9(11)10(13)12(3)8-4-5-14-6-8;/h7-9H,4-6,11H2,1-3H3;1H. The van der Waals surface area contributed by atoms with Crippen LogP contribution in [-0.2, 0) is 9.53 Å². The van der Waals surface area contributed by atoms with Crippen LogP contribution < -0.4 is 5.73 Å². The van der Waals surface area contributed by atoms with Crippen molar-refractivity contribution in [1.29, 1.82) is 0 Å². The van der Waals surface area contributed by atoms with Gasteiger partial charge in [-0.3, -0.25) is 4.79 Å². The summed E-state index contributed by atoms with van der Waals surface area (Å²) in [6.45, 7) is 5.31. The van der Waals surface area contributed by atoms with E-state index in [4.69, 9.17) is 10.5 Å². The highest BCUT2D eigenvalue weighted by atomic mass is 35.5. The van der Waals surface area contributed by atoms with Gasteiger partial charge in [-0.25, -0.2) is 0 Å². The van der Waals surface area contributed by atoms with Crippen molar-refractivity contribution in [3.05, 3.63) is 0 Å². The highest BCUT2D eigenvalue weighted by Crippen LogP contribution is 2.13. The first-order valence-electron chi connectivity index (χ1n) is 5.14. The van der Waals surface area contributed by atoms with Crippen molar-refractivity contribution in [2.75, 3.05) is 20.3 Å². The first-order chi connectivity index (χ1) is 6.54. The molecule has 2 unspecified atom stereocenters. The van der Waals surface area contributed by atoms with Gasteiger partial charge < -0.3 is 15.4 Å². The fourth-order valence-corrected chi connectivity index (χ4v) is 1.53. The minimum Gasteiger partial charge on any atom is -0.379 e. The molecule has 4 nitrogen and oxygen atoms in total. The van der Waals surface area contributed by atoms with Gasteiger partial charge in [0.05, 0.1) is 18.7 Å². The second kappa shape index (κ2) is 6.30. The Morgan fingerprint density at radius 3 is 2.53 bits per heavy atom. The van der Waals surface area contributed by atoms with Crippen molar-refractivity contribution >= 4 is 18.3 Å². The molecule has 1 aliphatic rings. The van der Waals surface area contributed by atoms with E-state index in [1.54, 1.807) is 4.90 Å². The van der Waals surface area contributed by atoms with E-state index in [2.05, 4.69) is 0 Å². The molecule has 0 aliphatic carbocycles. The van der Waals surface area contributed by atoms with E-state index in [0.717, 1.165) is 13.0 Å². The summed E-state index contributed by atoms with van der Waals surface area (Å²) in [5.74, 6) is 0.211. The largest absolute Gasteiger partial charge is 0.379 e. The summed E-state index contributed by atoms with van der Waals surface area (Å²) in [7, 11) is 1.81. The van der Waals surface area contributed by atoms with Crippen LogP contribution in [0.1, 0.15) is 20.3 Å². The maximum Gasteiger partial charge on any atom is 0.239 e. The average Bonchev–Trinajstić information content (AvgIpc) is 2.67. The first-order valence-corrected chi connectivity index (χ1v) is 5.14. The number of hydrogen-bond acceptors (Lipinski definition) is 3. The summed E-state index contributed by atoms with van der Waals surface area (Å²) in [4.78, 5) is 13.6. The van der Waals surface area contributed by atoms with Crippen LogP contribution in [0.15, 0.2) is 0 Å². The molecule has 1 heterocycles. The van der Waals surface area contributed by atoms with E-state index in [1.807, 2.05) is 20.9 Å². The first kappa shape index (κ1) is 14.7. The number of carbonyl (C=O) groups is 1. The minimum absolute atomic E-state index is 0. The molecular weight excluding hydrogens is 216 g/mol. The quantitative estimate of drug-likeness (QED) is 0.783. The maximum atomic E-state index is 11.8. The van der Waals surface area contributed by atoms with Crippen LogP contribution in [0.3, 0.4) is 0 Å². The van der Waals surface area contributed by atoms with Crippen LogP contribution in [0.4, 0.5) is 0 Å². The van der Waals surface area contributed by atoms with Gasteiger partial charge in [0.1, 0.15) is 0 Å².